The van der Waals surface area contributed by atoms with Crippen LogP contribution in [0.3, 0.4) is 0 Å². The van der Waals surface area contributed by atoms with Gasteiger partial charge in [0.1, 0.15) is 0 Å². The normalized spacial score (nSPS) is 11.5. The number of nitrogens with zero attached hydrogens (tertiary/aromatic N) is 6. The second-order valence-electron chi connectivity index (χ2n) is 15.5. The molecule has 4 aromatic heterocycles. The van der Waals surface area contributed by atoms with Gasteiger partial charge in [0.2, 0.25) is 5.95 Å². The highest BCUT2D eigenvalue weighted by atomic mass is 15.2. The van der Waals surface area contributed by atoms with Gasteiger partial charge in [-0.2, -0.15) is 9.97 Å². The number of hydrogen-bond donors (Lipinski definition) is 0. The van der Waals surface area contributed by atoms with Gasteiger partial charge in [-0.1, -0.05) is 170 Å². The highest BCUT2D eigenvalue weighted by molar-refractivity contribution is 6.28. The second-order valence-corrected chi connectivity index (χ2v) is 15.5. The van der Waals surface area contributed by atoms with E-state index in [4.69, 9.17) is 19.9 Å². The quantitative estimate of drug-likeness (QED) is 0.161. The number of hydrogen-bond acceptors (Lipinski definition) is 4. The van der Waals surface area contributed by atoms with Crippen LogP contribution in [0.5, 0.6) is 0 Å². The van der Waals surface area contributed by atoms with Crippen LogP contribution in [0.1, 0.15) is 0 Å². The average Bonchev–Trinajstić information content (AvgIpc) is 3.88. The SMILES string of the molecule is c1ccc(-c2cccc(-n3c4ccccc4c4c5c6ccccc6n(-c6nc(-c7ccccc7)nc(-c7ccc(-c8cccc(-c9ccccc9)n8)cc7)n6)c5ccc43)c2)cc1. The minimum absolute atomic E-state index is 0.556. The minimum Gasteiger partial charge on any atom is -0.309 e. The van der Waals surface area contributed by atoms with E-state index in [1.54, 1.807) is 0 Å². The Balaban J connectivity index is 1.05. The van der Waals surface area contributed by atoms with Gasteiger partial charge in [-0.25, -0.2) is 9.97 Å². The second kappa shape index (κ2) is 14.7. The van der Waals surface area contributed by atoms with Crippen molar-refractivity contribution in [3.8, 4) is 68.1 Å². The molecule has 0 bridgehead atoms. The van der Waals surface area contributed by atoms with E-state index in [2.05, 4.69) is 185 Å². The lowest BCUT2D eigenvalue weighted by atomic mass is 10.0. The van der Waals surface area contributed by atoms with Crippen LogP contribution in [0.4, 0.5) is 0 Å². The molecule has 0 saturated heterocycles. The van der Waals surface area contributed by atoms with Crippen LogP contribution in [-0.4, -0.2) is 29.1 Å². The molecule has 0 radical (unpaired) electrons. The Labute approximate surface area is 357 Å². The first kappa shape index (κ1) is 35.5. The van der Waals surface area contributed by atoms with Gasteiger partial charge in [-0.05, 0) is 59.7 Å². The number of rotatable bonds is 7. The number of fused-ring (bicyclic) bond motifs is 7. The number of benzene rings is 8. The summed E-state index contributed by atoms with van der Waals surface area (Å²) in [6.07, 6.45) is 0. The summed E-state index contributed by atoms with van der Waals surface area (Å²) in [5.41, 5.74) is 13.6. The summed E-state index contributed by atoms with van der Waals surface area (Å²) in [5.74, 6) is 1.75. The summed E-state index contributed by atoms with van der Waals surface area (Å²) in [4.78, 5) is 20.6. The van der Waals surface area contributed by atoms with Gasteiger partial charge in [0.25, 0.3) is 0 Å². The molecule has 0 amide bonds. The Hall–Kier alpha value is -8.48. The van der Waals surface area contributed by atoms with E-state index >= 15 is 0 Å². The monoisotopic (exact) mass is 792 g/mol. The third-order valence-corrected chi connectivity index (χ3v) is 11.8. The zero-order chi connectivity index (χ0) is 41.0. The summed E-state index contributed by atoms with van der Waals surface area (Å²) in [6.45, 7) is 0. The number of pyridine rings is 1. The molecule has 0 aliphatic rings. The average molecular weight is 793 g/mol. The highest BCUT2D eigenvalue weighted by Gasteiger charge is 2.23. The van der Waals surface area contributed by atoms with Crippen LogP contribution in [0.25, 0.3) is 112 Å². The van der Waals surface area contributed by atoms with Gasteiger partial charge in [0.15, 0.2) is 11.6 Å². The first-order valence-electron chi connectivity index (χ1n) is 20.8. The standard InChI is InChI=1S/C56H36N6/c1-4-16-37(17-5-1)42-22-14-23-43(36-42)61-48-28-12-10-24-44(48)52-50(61)34-35-51-53(52)45-25-11-13-29-49(45)62(51)56-59-54(40-20-8-3-9-21-40)58-55(60-56)41-32-30-39(31-33-41)47-27-15-26-46(57-47)38-18-6-2-7-19-38/h1-36H. The topological polar surface area (TPSA) is 61.4 Å². The van der Waals surface area contributed by atoms with Crippen LogP contribution in [-0.2, 0) is 0 Å². The van der Waals surface area contributed by atoms with Crippen molar-refractivity contribution in [2.75, 3.05) is 0 Å². The highest BCUT2D eigenvalue weighted by Crippen LogP contribution is 2.42. The molecule has 0 atom stereocenters. The molecule has 0 N–H and O–H groups in total. The predicted molar refractivity (Wildman–Crippen MR) is 253 cm³/mol. The summed E-state index contributed by atoms with van der Waals surface area (Å²) in [7, 11) is 0. The van der Waals surface area contributed by atoms with Crippen molar-refractivity contribution in [2.24, 2.45) is 0 Å². The summed E-state index contributed by atoms with van der Waals surface area (Å²) >= 11 is 0. The van der Waals surface area contributed by atoms with Gasteiger partial charge < -0.3 is 4.57 Å². The molecule has 12 rings (SSSR count). The van der Waals surface area contributed by atoms with Crippen molar-refractivity contribution < 1.29 is 0 Å². The summed E-state index contributed by atoms with van der Waals surface area (Å²) in [6, 6.07) is 76.1. The number of aromatic nitrogens is 6. The maximum absolute atomic E-state index is 5.28. The lowest BCUT2D eigenvalue weighted by molar-refractivity contribution is 0.953. The molecule has 0 unspecified atom stereocenters. The molecular formula is C56H36N6. The Kier molecular flexibility index (Phi) is 8.38. The molecule has 0 spiro atoms. The van der Waals surface area contributed by atoms with Crippen LogP contribution in [0, 0.1) is 0 Å². The van der Waals surface area contributed by atoms with Gasteiger partial charge in [-0.15, -0.1) is 0 Å². The number of para-hydroxylation sites is 2. The molecule has 0 saturated carbocycles. The van der Waals surface area contributed by atoms with Gasteiger partial charge in [0.05, 0.1) is 33.5 Å². The van der Waals surface area contributed by atoms with Crippen LogP contribution < -0.4 is 0 Å². The zero-order valence-corrected chi connectivity index (χ0v) is 33.5. The van der Waals surface area contributed by atoms with E-state index in [1.807, 2.05) is 42.5 Å². The fraction of sp³-hybridized carbons (Fsp3) is 0. The smallest absolute Gasteiger partial charge is 0.238 e. The molecule has 4 heterocycles. The molecule has 62 heavy (non-hydrogen) atoms. The largest absolute Gasteiger partial charge is 0.309 e. The van der Waals surface area contributed by atoms with E-state index in [1.165, 1.54) is 21.9 Å². The van der Waals surface area contributed by atoms with Crippen LogP contribution >= 0.6 is 0 Å². The Morgan fingerprint density at radius 1 is 0.274 bits per heavy atom. The lowest BCUT2D eigenvalue weighted by Crippen LogP contribution is -2.06. The third kappa shape index (κ3) is 5.96. The molecule has 0 fully saturated rings. The van der Waals surface area contributed by atoms with Crippen LogP contribution in [0.2, 0.25) is 0 Å². The molecule has 6 heteroatoms. The predicted octanol–water partition coefficient (Wildman–Crippen LogP) is 13.8. The first-order valence-corrected chi connectivity index (χ1v) is 20.8. The molecule has 12 aromatic rings. The van der Waals surface area contributed by atoms with E-state index in [0.717, 1.165) is 72.2 Å². The van der Waals surface area contributed by atoms with E-state index in [0.29, 0.717) is 17.6 Å². The van der Waals surface area contributed by atoms with Crippen molar-refractivity contribution in [3.63, 3.8) is 0 Å². The molecule has 0 aliphatic heterocycles. The first-order chi connectivity index (χ1) is 30.7. The maximum atomic E-state index is 5.28. The maximum Gasteiger partial charge on any atom is 0.238 e. The van der Waals surface area contributed by atoms with Gasteiger partial charge in [-0.3, -0.25) is 4.57 Å². The van der Waals surface area contributed by atoms with E-state index in [9.17, 15) is 0 Å². The molecule has 0 aliphatic carbocycles. The fourth-order valence-electron chi connectivity index (χ4n) is 8.93. The lowest BCUT2D eigenvalue weighted by Gasteiger charge is -2.12. The van der Waals surface area contributed by atoms with Crippen molar-refractivity contribution in [3.05, 3.63) is 218 Å². The minimum atomic E-state index is 0.556. The Morgan fingerprint density at radius 2 is 0.726 bits per heavy atom. The zero-order valence-electron chi connectivity index (χ0n) is 33.5. The van der Waals surface area contributed by atoms with Crippen molar-refractivity contribution in [1.29, 1.82) is 0 Å². The van der Waals surface area contributed by atoms with Crippen molar-refractivity contribution in [2.45, 2.75) is 0 Å². The Bertz CT molecular complexity index is 3610. The van der Waals surface area contributed by atoms with E-state index in [-0.39, 0.29) is 0 Å². The van der Waals surface area contributed by atoms with Gasteiger partial charge in [0, 0.05) is 49.5 Å². The summed E-state index contributed by atoms with van der Waals surface area (Å²) in [5, 5.41) is 4.67. The van der Waals surface area contributed by atoms with Crippen molar-refractivity contribution >= 4 is 43.6 Å². The van der Waals surface area contributed by atoms with Crippen LogP contribution in [0.15, 0.2) is 218 Å². The molecular weight excluding hydrogens is 757 g/mol. The third-order valence-electron chi connectivity index (χ3n) is 11.8. The molecule has 8 aromatic carbocycles. The Morgan fingerprint density at radius 3 is 1.35 bits per heavy atom. The fourth-order valence-corrected chi connectivity index (χ4v) is 8.93. The van der Waals surface area contributed by atoms with E-state index < -0.39 is 0 Å². The molecule has 6 nitrogen and oxygen atoms in total. The molecule has 290 valence electrons. The van der Waals surface area contributed by atoms with Gasteiger partial charge >= 0.3 is 0 Å². The summed E-state index contributed by atoms with van der Waals surface area (Å²) < 4.78 is 4.60. The van der Waals surface area contributed by atoms with Crippen molar-refractivity contribution in [1.82, 2.24) is 29.1 Å².